The van der Waals surface area contributed by atoms with E-state index in [1.807, 2.05) is 30.3 Å². The van der Waals surface area contributed by atoms with Crippen LogP contribution in [-0.2, 0) is 9.53 Å². The molecule has 0 unspecified atom stereocenters. The smallest absolute Gasteiger partial charge is 0.333 e. The second kappa shape index (κ2) is 9.34. The van der Waals surface area contributed by atoms with Gasteiger partial charge in [-0.15, -0.1) is 0 Å². The highest BCUT2D eigenvalue weighted by Crippen LogP contribution is 2.08. The van der Waals surface area contributed by atoms with Crippen molar-refractivity contribution < 1.29 is 14.6 Å². The summed E-state index contributed by atoms with van der Waals surface area (Å²) in [5, 5.41) is 9.13. The Morgan fingerprint density at radius 3 is 2.58 bits per heavy atom. The van der Waals surface area contributed by atoms with Crippen LogP contribution in [-0.4, -0.2) is 24.3 Å². The van der Waals surface area contributed by atoms with Gasteiger partial charge < -0.3 is 9.84 Å². The van der Waals surface area contributed by atoms with E-state index in [1.54, 1.807) is 6.08 Å². The molecular formula is C16H22O3. The number of carbonyl (C=O) groups is 1. The molecule has 0 heterocycles. The molecule has 3 nitrogen and oxygen atoms in total. The molecule has 19 heavy (non-hydrogen) atoms. The molecule has 1 rings (SSSR count). The highest BCUT2D eigenvalue weighted by Gasteiger charge is 2.07. The Morgan fingerprint density at radius 2 is 1.95 bits per heavy atom. The van der Waals surface area contributed by atoms with Crippen LogP contribution < -0.4 is 0 Å². The Morgan fingerprint density at radius 1 is 1.21 bits per heavy atom. The number of hydrogen-bond donors (Lipinski definition) is 1. The van der Waals surface area contributed by atoms with Crippen molar-refractivity contribution in [2.75, 3.05) is 13.2 Å². The van der Waals surface area contributed by atoms with Crippen LogP contribution in [0, 0.1) is 0 Å². The lowest BCUT2D eigenvalue weighted by atomic mass is 10.1. The van der Waals surface area contributed by atoms with Crippen molar-refractivity contribution in [3.63, 3.8) is 0 Å². The lowest BCUT2D eigenvalue weighted by molar-refractivity contribution is -0.133. The Labute approximate surface area is 114 Å². The summed E-state index contributed by atoms with van der Waals surface area (Å²) in [6.45, 7) is 2.95. The maximum Gasteiger partial charge on any atom is 0.333 e. The van der Waals surface area contributed by atoms with Crippen LogP contribution in [0.2, 0.25) is 0 Å². The van der Waals surface area contributed by atoms with Gasteiger partial charge in [0.15, 0.2) is 0 Å². The number of carboxylic acid groups (broad SMARTS) is 1. The van der Waals surface area contributed by atoms with Crippen LogP contribution in [0.1, 0.15) is 38.2 Å². The number of hydrogen-bond acceptors (Lipinski definition) is 2. The van der Waals surface area contributed by atoms with E-state index in [1.165, 1.54) is 12.8 Å². The third kappa shape index (κ3) is 6.77. The van der Waals surface area contributed by atoms with Crippen LogP contribution >= 0.6 is 0 Å². The topological polar surface area (TPSA) is 46.5 Å². The Hall–Kier alpha value is -1.61. The first kappa shape index (κ1) is 15.4. The summed E-state index contributed by atoms with van der Waals surface area (Å²) in [5.41, 5.74) is 1.18. The molecule has 1 aromatic carbocycles. The fourth-order valence-electron chi connectivity index (χ4n) is 1.73. The van der Waals surface area contributed by atoms with Gasteiger partial charge in [-0.25, -0.2) is 4.79 Å². The molecule has 1 N–H and O–H groups in total. The number of benzene rings is 1. The van der Waals surface area contributed by atoms with E-state index in [4.69, 9.17) is 9.84 Å². The lowest BCUT2D eigenvalue weighted by Gasteiger charge is -2.05. The average Bonchev–Trinajstić information content (AvgIpc) is 2.42. The van der Waals surface area contributed by atoms with Gasteiger partial charge in [0.05, 0.1) is 12.2 Å². The molecule has 0 saturated carbocycles. The van der Waals surface area contributed by atoms with Crippen LogP contribution in [0.5, 0.6) is 0 Å². The molecule has 3 heteroatoms. The van der Waals surface area contributed by atoms with Crippen molar-refractivity contribution in [1.29, 1.82) is 0 Å². The van der Waals surface area contributed by atoms with Crippen LogP contribution in [0.4, 0.5) is 0 Å². The van der Waals surface area contributed by atoms with Crippen molar-refractivity contribution in [2.45, 2.75) is 32.6 Å². The molecule has 0 aromatic heterocycles. The van der Waals surface area contributed by atoms with Crippen molar-refractivity contribution in [2.24, 2.45) is 0 Å². The molecule has 0 aliphatic heterocycles. The number of carboxylic acids is 1. The zero-order chi connectivity index (χ0) is 13.9. The SMILES string of the molecule is CCCCCCOCC(=Cc1ccccc1)C(=O)O. The zero-order valence-electron chi connectivity index (χ0n) is 11.5. The molecule has 0 amide bonds. The quantitative estimate of drug-likeness (QED) is 0.544. The summed E-state index contributed by atoms with van der Waals surface area (Å²) in [4.78, 5) is 11.1. The number of unbranched alkanes of at least 4 members (excludes halogenated alkanes) is 3. The third-order valence-electron chi connectivity index (χ3n) is 2.81. The fourth-order valence-corrected chi connectivity index (χ4v) is 1.73. The standard InChI is InChI=1S/C16H22O3/c1-2-3-4-8-11-19-13-15(16(17)18)12-14-9-6-5-7-10-14/h5-7,9-10,12H,2-4,8,11,13H2,1H3,(H,17,18). The maximum atomic E-state index is 11.1. The van der Waals surface area contributed by atoms with E-state index in [0.29, 0.717) is 12.2 Å². The van der Waals surface area contributed by atoms with Gasteiger partial charge >= 0.3 is 5.97 Å². The van der Waals surface area contributed by atoms with Gasteiger partial charge in [-0.05, 0) is 18.1 Å². The minimum atomic E-state index is -0.919. The molecule has 0 fully saturated rings. The van der Waals surface area contributed by atoms with Crippen molar-refractivity contribution in [3.8, 4) is 0 Å². The first-order valence-electron chi connectivity index (χ1n) is 6.80. The molecule has 104 valence electrons. The largest absolute Gasteiger partial charge is 0.478 e. The van der Waals surface area contributed by atoms with Gasteiger partial charge in [-0.2, -0.15) is 0 Å². The summed E-state index contributed by atoms with van der Waals surface area (Å²) in [6, 6.07) is 9.43. The van der Waals surface area contributed by atoms with Gasteiger partial charge in [-0.1, -0.05) is 56.5 Å². The van der Waals surface area contributed by atoms with Gasteiger partial charge in [0.1, 0.15) is 0 Å². The average molecular weight is 262 g/mol. The van der Waals surface area contributed by atoms with E-state index in [-0.39, 0.29) is 6.61 Å². The minimum Gasteiger partial charge on any atom is -0.478 e. The summed E-state index contributed by atoms with van der Waals surface area (Å²) < 4.78 is 5.43. The summed E-state index contributed by atoms with van der Waals surface area (Å²) in [5.74, 6) is -0.919. The molecule has 0 saturated heterocycles. The van der Waals surface area contributed by atoms with Gasteiger partial charge in [0.25, 0.3) is 0 Å². The summed E-state index contributed by atoms with van der Waals surface area (Å²) >= 11 is 0. The number of rotatable bonds is 9. The van der Waals surface area contributed by atoms with Crippen LogP contribution in [0.3, 0.4) is 0 Å². The fraction of sp³-hybridized carbons (Fsp3) is 0.438. The Kier molecular flexibility index (Phi) is 7.59. The monoisotopic (exact) mass is 262 g/mol. The maximum absolute atomic E-state index is 11.1. The van der Waals surface area contributed by atoms with Crippen molar-refractivity contribution >= 4 is 12.0 Å². The predicted octanol–water partition coefficient (Wildman–Crippen LogP) is 3.75. The van der Waals surface area contributed by atoms with Gasteiger partial charge in [-0.3, -0.25) is 0 Å². The minimum absolute atomic E-state index is 0.163. The van der Waals surface area contributed by atoms with E-state index < -0.39 is 5.97 Å². The Bertz CT molecular complexity index is 396. The molecule has 0 radical (unpaired) electrons. The predicted molar refractivity (Wildman–Crippen MR) is 77.0 cm³/mol. The van der Waals surface area contributed by atoms with E-state index in [2.05, 4.69) is 6.92 Å². The number of aliphatic carboxylic acids is 1. The lowest BCUT2D eigenvalue weighted by Crippen LogP contribution is -2.09. The molecular weight excluding hydrogens is 240 g/mol. The molecule has 0 aliphatic rings. The number of ether oxygens (including phenoxy) is 1. The second-order valence-electron chi connectivity index (χ2n) is 4.50. The molecule has 1 aromatic rings. The van der Waals surface area contributed by atoms with Gasteiger partial charge in [0.2, 0.25) is 0 Å². The first-order chi connectivity index (χ1) is 9.24. The van der Waals surface area contributed by atoms with Crippen molar-refractivity contribution in [1.82, 2.24) is 0 Å². The third-order valence-corrected chi connectivity index (χ3v) is 2.81. The second-order valence-corrected chi connectivity index (χ2v) is 4.50. The van der Waals surface area contributed by atoms with E-state index >= 15 is 0 Å². The van der Waals surface area contributed by atoms with Crippen LogP contribution in [0.15, 0.2) is 35.9 Å². The highest BCUT2D eigenvalue weighted by atomic mass is 16.5. The summed E-state index contributed by atoms with van der Waals surface area (Å²) in [7, 11) is 0. The zero-order valence-corrected chi connectivity index (χ0v) is 11.5. The van der Waals surface area contributed by atoms with Crippen LogP contribution in [0.25, 0.3) is 6.08 Å². The highest BCUT2D eigenvalue weighted by molar-refractivity contribution is 5.92. The molecule has 0 bridgehead atoms. The van der Waals surface area contributed by atoms with E-state index in [0.717, 1.165) is 18.4 Å². The first-order valence-corrected chi connectivity index (χ1v) is 6.80. The van der Waals surface area contributed by atoms with E-state index in [9.17, 15) is 4.79 Å². The molecule has 0 aliphatic carbocycles. The summed E-state index contributed by atoms with van der Waals surface area (Å²) in [6.07, 6.45) is 6.19. The Balaban J connectivity index is 2.41. The van der Waals surface area contributed by atoms with Crippen molar-refractivity contribution in [3.05, 3.63) is 41.5 Å². The molecule has 0 atom stereocenters. The van der Waals surface area contributed by atoms with Gasteiger partial charge in [0, 0.05) is 6.61 Å². The molecule has 0 spiro atoms. The normalized spacial score (nSPS) is 11.5.